The van der Waals surface area contributed by atoms with Crippen LogP contribution >= 0.6 is 0 Å². The number of nitrogens with one attached hydrogen (secondary N) is 2. The Hall–Kier alpha value is -2.49. The van der Waals surface area contributed by atoms with E-state index in [0.29, 0.717) is 25.3 Å². The molecule has 1 saturated heterocycles. The average molecular weight is 417 g/mol. The standard InChI is InChI=1S/C20H24N4O4S/c25-20(16-2-1-3-18(13-16)29(26,27)23-17-4-5-17)22-14-15-6-7-21-19(12-15)24-8-10-28-11-9-24/h1-3,6-7,12-13,17,23H,4-5,8-11,14H2,(H,22,25). The number of hydrogen-bond donors (Lipinski definition) is 2. The molecule has 29 heavy (non-hydrogen) atoms. The Balaban J connectivity index is 1.40. The molecule has 9 heteroatoms. The lowest BCUT2D eigenvalue weighted by Crippen LogP contribution is -2.36. The molecule has 2 fully saturated rings. The summed E-state index contributed by atoms with van der Waals surface area (Å²) in [6.45, 7) is 3.27. The Morgan fingerprint density at radius 1 is 1.17 bits per heavy atom. The third-order valence-corrected chi connectivity index (χ3v) is 6.42. The van der Waals surface area contributed by atoms with Gasteiger partial charge in [-0.2, -0.15) is 0 Å². The van der Waals surface area contributed by atoms with E-state index in [4.69, 9.17) is 4.74 Å². The van der Waals surface area contributed by atoms with Crippen molar-refractivity contribution in [1.82, 2.24) is 15.0 Å². The average Bonchev–Trinajstić information content (AvgIpc) is 3.56. The third-order valence-electron chi connectivity index (χ3n) is 4.90. The van der Waals surface area contributed by atoms with E-state index in [1.54, 1.807) is 18.3 Å². The molecule has 1 saturated carbocycles. The summed E-state index contributed by atoms with van der Waals surface area (Å²) in [5.41, 5.74) is 1.24. The number of pyridine rings is 1. The molecule has 2 N–H and O–H groups in total. The first-order valence-corrected chi connectivity index (χ1v) is 11.2. The summed E-state index contributed by atoms with van der Waals surface area (Å²) in [6.07, 6.45) is 3.44. The van der Waals surface area contributed by atoms with Gasteiger partial charge in [0.05, 0.1) is 18.1 Å². The Bertz CT molecular complexity index is 985. The number of carbonyl (C=O) groups excluding carboxylic acids is 1. The van der Waals surface area contributed by atoms with Crippen LogP contribution in [0.4, 0.5) is 5.82 Å². The van der Waals surface area contributed by atoms with Crippen molar-refractivity contribution in [3.05, 3.63) is 53.7 Å². The van der Waals surface area contributed by atoms with Gasteiger partial charge < -0.3 is 15.0 Å². The van der Waals surface area contributed by atoms with Crippen molar-refractivity contribution < 1.29 is 17.9 Å². The van der Waals surface area contributed by atoms with E-state index in [9.17, 15) is 13.2 Å². The van der Waals surface area contributed by atoms with Gasteiger partial charge >= 0.3 is 0 Å². The predicted octanol–water partition coefficient (Wildman–Crippen LogP) is 1.29. The number of sulfonamides is 1. The lowest BCUT2D eigenvalue weighted by molar-refractivity contribution is 0.0950. The highest BCUT2D eigenvalue weighted by Crippen LogP contribution is 2.22. The molecule has 4 rings (SSSR count). The number of nitrogens with zero attached hydrogens (tertiary/aromatic N) is 2. The molecular formula is C20H24N4O4S. The van der Waals surface area contributed by atoms with Crippen molar-refractivity contribution in [3.8, 4) is 0 Å². The molecule has 1 aromatic carbocycles. The van der Waals surface area contributed by atoms with Crippen molar-refractivity contribution in [2.24, 2.45) is 0 Å². The van der Waals surface area contributed by atoms with Crippen molar-refractivity contribution in [1.29, 1.82) is 0 Å². The van der Waals surface area contributed by atoms with Gasteiger partial charge in [-0.15, -0.1) is 0 Å². The minimum absolute atomic E-state index is 0.0184. The van der Waals surface area contributed by atoms with E-state index >= 15 is 0 Å². The number of rotatable bonds is 7. The van der Waals surface area contributed by atoms with E-state index < -0.39 is 10.0 Å². The van der Waals surface area contributed by atoms with Gasteiger partial charge in [0.25, 0.3) is 5.91 Å². The Labute approximate surface area is 170 Å². The molecular weight excluding hydrogens is 392 g/mol. The number of hydrogen-bond acceptors (Lipinski definition) is 6. The third kappa shape index (κ3) is 5.11. The Morgan fingerprint density at radius 3 is 2.72 bits per heavy atom. The first-order valence-electron chi connectivity index (χ1n) is 9.69. The molecule has 0 bridgehead atoms. The highest BCUT2D eigenvalue weighted by Gasteiger charge is 2.28. The summed E-state index contributed by atoms with van der Waals surface area (Å²) in [4.78, 5) is 19.2. The maximum atomic E-state index is 12.5. The normalized spacial score (nSPS) is 17.2. The lowest BCUT2D eigenvalue weighted by Gasteiger charge is -2.28. The summed E-state index contributed by atoms with van der Waals surface area (Å²) >= 11 is 0. The fraction of sp³-hybridized carbons (Fsp3) is 0.400. The topological polar surface area (TPSA) is 101 Å². The van der Waals surface area contributed by atoms with Crippen LogP contribution in [0.5, 0.6) is 0 Å². The molecule has 2 aromatic rings. The van der Waals surface area contributed by atoms with Gasteiger partial charge in [0, 0.05) is 37.4 Å². The fourth-order valence-corrected chi connectivity index (χ4v) is 4.46. The summed E-state index contributed by atoms with van der Waals surface area (Å²) in [5.74, 6) is 0.539. The first-order chi connectivity index (χ1) is 14.0. The summed E-state index contributed by atoms with van der Waals surface area (Å²) in [5, 5.41) is 2.85. The summed E-state index contributed by atoms with van der Waals surface area (Å²) in [7, 11) is -3.59. The number of ether oxygens (including phenoxy) is 1. The van der Waals surface area contributed by atoms with Gasteiger partial charge in [0.2, 0.25) is 10.0 Å². The van der Waals surface area contributed by atoms with Crippen LogP contribution in [0, 0.1) is 0 Å². The van der Waals surface area contributed by atoms with Gasteiger partial charge in [0.1, 0.15) is 5.82 Å². The van der Waals surface area contributed by atoms with Gasteiger partial charge in [-0.1, -0.05) is 6.07 Å². The lowest BCUT2D eigenvalue weighted by atomic mass is 10.2. The molecule has 0 atom stereocenters. The van der Waals surface area contributed by atoms with Crippen LogP contribution in [0.15, 0.2) is 47.5 Å². The molecule has 154 valence electrons. The van der Waals surface area contributed by atoms with E-state index in [1.165, 1.54) is 12.1 Å². The van der Waals surface area contributed by atoms with Gasteiger partial charge in [-0.25, -0.2) is 18.1 Å². The second kappa shape index (κ2) is 8.48. The highest BCUT2D eigenvalue weighted by molar-refractivity contribution is 7.89. The van der Waals surface area contributed by atoms with Crippen LogP contribution in [-0.2, 0) is 21.3 Å². The number of benzene rings is 1. The molecule has 0 radical (unpaired) electrons. The Morgan fingerprint density at radius 2 is 1.97 bits per heavy atom. The maximum absolute atomic E-state index is 12.5. The molecule has 1 aliphatic heterocycles. The molecule has 2 aliphatic rings. The van der Waals surface area contributed by atoms with Crippen molar-refractivity contribution in [2.75, 3.05) is 31.2 Å². The predicted molar refractivity (Wildman–Crippen MR) is 108 cm³/mol. The van der Waals surface area contributed by atoms with E-state index in [-0.39, 0.29) is 16.8 Å². The number of aromatic nitrogens is 1. The first kappa shape index (κ1) is 19.8. The molecule has 8 nitrogen and oxygen atoms in total. The van der Waals surface area contributed by atoms with Crippen LogP contribution in [0.3, 0.4) is 0 Å². The summed E-state index contributed by atoms with van der Waals surface area (Å²) in [6, 6.07) is 9.92. The zero-order valence-electron chi connectivity index (χ0n) is 16.0. The smallest absolute Gasteiger partial charge is 0.251 e. The molecule has 0 unspecified atom stereocenters. The summed E-state index contributed by atoms with van der Waals surface area (Å²) < 4.78 is 32.7. The van der Waals surface area contributed by atoms with Crippen LogP contribution in [-0.4, -0.2) is 51.7 Å². The van der Waals surface area contributed by atoms with E-state index in [2.05, 4.69) is 19.9 Å². The second-order valence-corrected chi connectivity index (χ2v) is 8.94. The van der Waals surface area contributed by atoms with Crippen LogP contribution in [0.2, 0.25) is 0 Å². The quantitative estimate of drug-likeness (QED) is 0.705. The van der Waals surface area contributed by atoms with Gasteiger partial charge in [-0.3, -0.25) is 4.79 Å². The molecule has 2 heterocycles. The number of carbonyl (C=O) groups is 1. The minimum atomic E-state index is -3.59. The number of morpholine rings is 1. The number of amides is 1. The van der Waals surface area contributed by atoms with E-state index in [1.807, 2.05) is 12.1 Å². The van der Waals surface area contributed by atoms with E-state index in [0.717, 1.165) is 37.3 Å². The molecule has 1 aromatic heterocycles. The zero-order valence-corrected chi connectivity index (χ0v) is 16.8. The highest BCUT2D eigenvalue weighted by atomic mass is 32.2. The van der Waals surface area contributed by atoms with Gasteiger partial charge in [0.15, 0.2) is 0 Å². The largest absolute Gasteiger partial charge is 0.378 e. The SMILES string of the molecule is O=C(NCc1ccnc(N2CCOCC2)c1)c1cccc(S(=O)(=O)NC2CC2)c1. The van der Waals surface area contributed by atoms with Gasteiger partial charge in [-0.05, 0) is 48.7 Å². The molecule has 1 aliphatic carbocycles. The minimum Gasteiger partial charge on any atom is -0.378 e. The van der Waals surface area contributed by atoms with Crippen molar-refractivity contribution in [3.63, 3.8) is 0 Å². The van der Waals surface area contributed by atoms with Crippen LogP contribution in [0.25, 0.3) is 0 Å². The monoisotopic (exact) mass is 416 g/mol. The molecule has 1 amide bonds. The molecule has 0 spiro atoms. The van der Waals surface area contributed by atoms with Crippen LogP contribution < -0.4 is 14.9 Å². The maximum Gasteiger partial charge on any atom is 0.251 e. The number of anilines is 1. The van der Waals surface area contributed by atoms with Crippen molar-refractivity contribution >= 4 is 21.7 Å². The fourth-order valence-electron chi connectivity index (χ4n) is 3.11. The van der Waals surface area contributed by atoms with Crippen LogP contribution in [0.1, 0.15) is 28.8 Å². The zero-order chi connectivity index (χ0) is 20.3. The second-order valence-electron chi connectivity index (χ2n) is 7.23. The van der Waals surface area contributed by atoms with Crippen molar-refractivity contribution in [2.45, 2.75) is 30.3 Å². The Kier molecular flexibility index (Phi) is 5.79.